The van der Waals surface area contributed by atoms with Gasteiger partial charge in [0.05, 0.1) is 18.8 Å². The van der Waals surface area contributed by atoms with E-state index in [4.69, 9.17) is 4.74 Å². The zero-order valence-corrected chi connectivity index (χ0v) is 12.5. The highest BCUT2D eigenvalue weighted by molar-refractivity contribution is 4.81. The molecular formula is C14H30N2O2. The Morgan fingerprint density at radius 2 is 2.11 bits per heavy atom. The number of likely N-dealkylation sites (N-methyl/N-ethyl adjacent to an activating group) is 1. The van der Waals surface area contributed by atoms with Gasteiger partial charge >= 0.3 is 0 Å². The normalized spacial score (nSPS) is 23.8. The summed E-state index contributed by atoms with van der Waals surface area (Å²) in [7, 11) is 1.92. The maximum Gasteiger partial charge on any atom is 0.0753 e. The highest BCUT2D eigenvalue weighted by Gasteiger charge is 2.27. The molecule has 4 nitrogen and oxygen atoms in total. The molecule has 0 aromatic carbocycles. The van der Waals surface area contributed by atoms with E-state index in [1.807, 2.05) is 7.05 Å². The molecule has 0 aliphatic carbocycles. The first kappa shape index (κ1) is 15.9. The second kappa shape index (κ2) is 6.85. The maximum atomic E-state index is 9.31. The second-order valence-electron chi connectivity index (χ2n) is 6.31. The first-order valence-corrected chi connectivity index (χ1v) is 7.07. The molecule has 4 heteroatoms. The van der Waals surface area contributed by atoms with Crippen LogP contribution < -0.4 is 5.32 Å². The van der Waals surface area contributed by atoms with E-state index >= 15 is 0 Å². The topological polar surface area (TPSA) is 44.7 Å². The summed E-state index contributed by atoms with van der Waals surface area (Å²) in [5.74, 6) is 0. The van der Waals surface area contributed by atoms with E-state index in [-0.39, 0.29) is 17.7 Å². The second-order valence-corrected chi connectivity index (χ2v) is 6.31. The zero-order chi connectivity index (χ0) is 13.6. The molecule has 2 N–H and O–H groups in total. The highest BCUT2D eigenvalue weighted by Crippen LogP contribution is 2.18. The Hall–Kier alpha value is -0.160. The number of ether oxygens (including phenoxy) is 1. The molecule has 1 fully saturated rings. The first-order chi connectivity index (χ1) is 8.41. The van der Waals surface area contributed by atoms with Gasteiger partial charge in [0.25, 0.3) is 0 Å². The summed E-state index contributed by atoms with van der Waals surface area (Å²) in [6.07, 6.45) is 3.36. The van der Waals surface area contributed by atoms with Crippen LogP contribution in [0.4, 0.5) is 0 Å². The van der Waals surface area contributed by atoms with Crippen molar-refractivity contribution in [1.29, 1.82) is 0 Å². The Kier molecular flexibility index (Phi) is 6.05. The van der Waals surface area contributed by atoms with Crippen LogP contribution in [0.5, 0.6) is 0 Å². The van der Waals surface area contributed by atoms with Gasteiger partial charge in [-0.1, -0.05) is 6.42 Å². The third-order valence-electron chi connectivity index (χ3n) is 3.91. The van der Waals surface area contributed by atoms with Crippen LogP contribution in [0.25, 0.3) is 0 Å². The molecule has 0 spiro atoms. The molecule has 1 rings (SSSR count). The van der Waals surface area contributed by atoms with Crippen molar-refractivity contribution in [3.05, 3.63) is 0 Å². The number of rotatable bonds is 7. The van der Waals surface area contributed by atoms with Crippen molar-refractivity contribution in [2.75, 3.05) is 39.9 Å². The van der Waals surface area contributed by atoms with Gasteiger partial charge in [-0.15, -0.1) is 0 Å². The fourth-order valence-electron chi connectivity index (χ4n) is 2.44. The summed E-state index contributed by atoms with van der Waals surface area (Å²) in [5, 5.41) is 12.5. The van der Waals surface area contributed by atoms with Gasteiger partial charge in [-0.05, 0) is 47.2 Å². The van der Waals surface area contributed by atoms with Crippen LogP contribution in [-0.4, -0.2) is 61.0 Å². The maximum absolute atomic E-state index is 9.31. The smallest absolute Gasteiger partial charge is 0.0753 e. The number of nitrogens with one attached hydrogen (secondary N) is 1. The molecule has 0 aromatic rings. The Balaban J connectivity index is 2.18. The third kappa shape index (κ3) is 5.22. The number of aliphatic hydroxyl groups is 1. The first-order valence-electron chi connectivity index (χ1n) is 7.07. The minimum atomic E-state index is -0.121. The Morgan fingerprint density at radius 3 is 2.67 bits per heavy atom. The summed E-state index contributed by atoms with van der Waals surface area (Å²) in [4.78, 5) is 2.49. The van der Waals surface area contributed by atoms with E-state index < -0.39 is 0 Å². The van der Waals surface area contributed by atoms with Crippen LogP contribution in [0.2, 0.25) is 0 Å². The SMILES string of the molecule is CNC(C)(CO)CCCCN1CCOC(C)(C)C1. The molecule has 0 saturated carbocycles. The molecule has 0 aromatic heterocycles. The van der Waals surface area contributed by atoms with Gasteiger partial charge in [-0.25, -0.2) is 0 Å². The quantitative estimate of drug-likeness (QED) is 0.674. The van der Waals surface area contributed by atoms with E-state index in [2.05, 4.69) is 31.0 Å². The van der Waals surface area contributed by atoms with Crippen LogP contribution in [0.3, 0.4) is 0 Å². The zero-order valence-electron chi connectivity index (χ0n) is 12.5. The number of nitrogens with zero attached hydrogens (tertiary/aromatic N) is 1. The lowest BCUT2D eigenvalue weighted by Crippen LogP contribution is -2.48. The number of hydrogen-bond acceptors (Lipinski definition) is 4. The summed E-state index contributed by atoms with van der Waals surface area (Å²) in [5.41, 5.74) is -0.118. The molecule has 18 heavy (non-hydrogen) atoms. The molecule has 0 amide bonds. The molecule has 1 aliphatic rings. The van der Waals surface area contributed by atoms with Gasteiger partial charge in [0.1, 0.15) is 0 Å². The van der Waals surface area contributed by atoms with Crippen molar-refractivity contribution >= 4 is 0 Å². The standard InChI is InChI=1S/C14H30N2O2/c1-13(2)11-16(9-10-18-13)8-6-5-7-14(3,12-17)15-4/h15,17H,5-12H2,1-4H3. The number of morpholine rings is 1. The fourth-order valence-corrected chi connectivity index (χ4v) is 2.44. The molecule has 1 saturated heterocycles. The molecule has 0 bridgehead atoms. The van der Waals surface area contributed by atoms with Crippen molar-refractivity contribution < 1.29 is 9.84 Å². The molecule has 1 atom stereocenters. The lowest BCUT2D eigenvalue weighted by molar-refractivity contribution is -0.0861. The Labute approximate surface area is 112 Å². The van der Waals surface area contributed by atoms with Crippen molar-refractivity contribution in [3.63, 3.8) is 0 Å². The molecule has 108 valence electrons. The van der Waals surface area contributed by atoms with E-state index in [1.165, 1.54) is 6.42 Å². The number of unbranched alkanes of at least 4 members (excludes halogenated alkanes) is 1. The van der Waals surface area contributed by atoms with Gasteiger partial charge in [0, 0.05) is 18.6 Å². The molecular weight excluding hydrogens is 228 g/mol. The lowest BCUT2D eigenvalue weighted by Gasteiger charge is -2.38. The number of aliphatic hydroxyl groups excluding tert-OH is 1. The van der Waals surface area contributed by atoms with E-state index in [0.717, 1.165) is 39.1 Å². The fraction of sp³-hybridized carbons (Fsp3) is 1.00. The largest absolute Gasteiger partial charge is 0.394 e. The van der Waals surface area contributed by atoms with Crippen molar-refractivity contribution in [2.24, 2.45) is 0 Å². The van der Waals surface area contributed by atoms with Crippen molar-refractivity contribution in [3.8, 4) is 0 Å². The third-order valence-corrected chi connectivity index (χ3v) is 3.91. The Morgan fingerprint density at radius 1 is 1.39 bits per heavy atom. The predicted molar refractivity (Wildman–Crippen MR) is 74.9 cm³/mol. The van der Waals surface area contributed by atoms with Crippen LogP contribution in [0, 0.1) is 0 Å². The summed E-state index contributed by atoms with van der Waals surface area (Å²) >= 11 is 0. The van der Waals surface area contributed by atoms with Crippen LogP contribution in [0.1, 0.15) is 40.0 Å². The summed E-state index contributed by atoms with van der Waals surface area (Å²) < 4.78 is 5.71. The van der Waals surface area contributed by atoms with Gasteiger partial charge in [0.2, 0.25) is 0 Å². The number of hydrogen-bond donors (Lipinski definition) is 2. The van der Waals surface area contributed by atoms with Gasteiger partial charge < -0.3 is 15.2 Å². The van der Waals surface area contributed by atoms with Gasteiger partial charge in [-0.3, -0.25) is 4.90 Å². The average Bonchev–Trinajstić information content (AvgIpc) is 2.33. The minimum Gasteiger partial charge on any atom is -0.394 e. The van der Waals surface area contributed by atoms with E-state index in [9.17, 15) is 5.11 Å². The molecule has 1 heterocycles. The summed E-state index contributed by atoms with van der Waals surface area (Å²) in [6, 6.07) is 0. The van der Waals surface area contributed by atoms with Crippen LogP contribution in [-0.2, 0) is 4.74 Å². The van der Waals surface area contributed by atoms with Crippen molar-refractivity contribution in [1.82, 2.24) is 10.2 Å². The molecule has 1 aliphatic heterocycles. The highest BCUT2D eigenvalue weighted by atomic mass is 16.5. The van der Waals surface area contributed by atoms with E-state index in [0.29, 0.717) is 0 Å². The lowest BCUT2D eigenvalue weighted by atomic mass is 9.96. The minimum absolute atomic E-state index is 0.00281. The van der Waals surface area contributed by atoms with Crippen LogP contribution in [0.15, 0.2) is 0 Å². The van der Waals surface area contributed by atoms with Gasteiger partial charge in [-0.2, -0.15) is 0 Å². The monoisotopic (exact) mass is 258 g/mol. The Bertz CT molecular complexity index is 240. The van der Waals surface area contributed by atoms with Gasteiger partial charge in [0.15, 0.2) is 0 Å². The van der Waals surface area contributed by atoms with Crippen LogP contribution >= 0.6 is 0 Å². The average molecular weight is 258 g/mol. The summed E-state index contributed by atoms with van der Waals surface area (Å²) in [6.45, 7) is 10.6. The predicted octanol–water partition coefficient (Wildman–Crippen LogP) is 1.24. The molecule has 1 unspecified atom stereocenters. The van der Waals surface area contributed by atoms with Crippen molar-refractivity contribution in [2.45, 2.75) is 51.2 Å². The molecule has 0 radical (unpaired) electrons. The van der Waals surface area contributed by atoms with E-state index in [1.54, 1.807) is 0 Å².